The molecule has 1 aromatic carbocycles. The van der Waals surface area contributed by atoms with Crippen LogP contribution < -0.4 is 10.1 Å². The van der Waals surface area contributed by atoms with E-state index in [4.69, 9.17) is 16.3 Å². The van der Waals surface area contributed by atoms with E-state index in [-0.39, 0.29) is 0 Å². The zero-order valence-electron chi connectivity index (χ0n) is 9.53. The lowest BCUT2D eigenvalue weighted by atomic mass is 10.2. The number of methoxy groups -OCH3 is 1. The molecule has 0 unspecified atom stereocenters. The van der Waals surface area contributed by atoms with Crippen LogP contribution in [0.25, 0.3) is 0 Å². The van der Waals surface area contributed by atoms with Crippen molar-refractivity contribution in [2.24, 2.45) is 0 Å². The van der Waals surface area contributed by atoms with Gasteiger partial charge in [-0.15, -0.1) is 0 Å². The topological polar surface area (TPSA) is 60.2 Å². The predicted octanol–water partition coefficient (Wildman–Crippen LogP) is 2.65. The molecule has 2 rings (SSSR count). The first-order valence-corrected chi connectivity index (χ1v) is 5.44. The van der Waals surface area contributed by atoms with Crippen LogP contribution in [0, 0.1) is 6.92 Å². The maximum atomic E-state index is 6.06. The Morgan fingerprint density at radius 3 is 2.88 bits per heavy atom. The van der Waals surface area contributed by atoms with Crippen molar-refractivity contribution in [3.63, 3.8) is 0 Å². The molecule has 0 amide bonds. The molecule has 17 heavy (non-hydrogen) atoms. The van der Waals surface area contributed by atoms with Crippen LogP contribution >= 0.6 is 11.6 Å². The molecule has 1 aromatic heterocycles. The Morgan fingerprint density at radius 2 is 2.24 bits per heavy atom. The fourth-order valence-corrected chi connectivity index (χ4v) is 1.54. The van der Waals surface area contributed by atoms with Gasteiger partial charge in [0.05, 0.1) is 24.4 Å². The fourth-order valence-electron chi connectivity index (χ4n) is 1.36. The monoisotopic (exact) mass is 253 g/mol. The van der Waals surface area contributed by atoms with E-state index in [1.165, 1.54) is 0 Å². The van der Waals surface area contributed by atoms with Gasteiger partial charge in [0, 0.05) is 6.07 Å². The van der Waals surface area contributed by atoms with Gasteiger partial charge in [-0.05, 0) is 19.1 Å². The molecule has 0 spiro atoms. The molecular formula is C11H12ClN3O2. The summed E-state index contributed by atoms with van der Waals surface area (Å²) in [4.78, 5) is 0. The van der Waals surface area contributed by atoms with Gasteiger partial charge in [-0.3, -0.25) is 0 Å². The van der Waals surface area contributed by atoms with E-state index >= 15 is 0 Å². The molecule has 0 radical (unpaired) electrons. The highest BCUT2D eigenvalue weighted by molar-refractivity contribution is 6.33. The number of aromatic nitrogens is 2. The molecule has 0 bridgehead atoms. The second-order valence-electron chi connectivity index (χ2n) is 3.50. The molecule has 0 atom stereocenters. The summed E-state index contributed by atoms with van der Waals surface area (Å²) in [6, 6.07) is 5.40. The highest BCUT2D eigenvalue weighted by Crippen LogP contribution is 2.27. The van der Waals surface area contributed by atoms with E-state index in [0.29, 0.717) is 11.6 Å². The summed E-state index contributed by atoms with van der Waals surface area (Å²) in [7, 11) is 1.61. The van der Waals surface area contributed by atoms with Crippen LogP contribution in [0.2, 0.25) is 5.02 Å². The fraction of sp³-hybridized carbons (Fsp3) is 0.273. The maximum absolute atomic E-state index is 6.06. The number of hydrogen-bond acceptors (Lipinski definition) is 5. The number of hydrogen-bond donors (Lipinski definition) is 1. The zero-order chi connectivity index (χ0) is 12.3. The Kier molecular flexibility index (Phi) is 3.49. The van der Waals surface area contributed by atoms with Gasteiger partial charge in [0.2, 0.25) is 0 Å². The van der Waals surface area contributed by atoms with Crippen molar-refractivity contribution in [2.45, 2.75) is 13.5 Å². The predicted molar refractivity (Wildman–Crippen MR) is 64.4 cm³/mol. The van der Waals surface area contributed by atoms with Crippen LogP contribution in [-0.4, -0.2) is 17.4 Å². The Balaban J connectivity index is 2.11. The smallest absolute Gasteiger partial charge is 0.127 e. The minimum Gasteiger partial charge on any atom is -0.497 e. The van der Waals surface area contributed by atoms with Crippen molar-refractivity contribution in [2.75, 3.05) is 12.4 Å². The summed E-state index contributed by atoms with van der Waals surface area (Å²) in [6.45, 7) is 2.34. The first-order chi connectivity index (χ1) is 8.20. The van der Waals surface area contributed by atoms with Gasteiger partial charge in [-0.1, -0.05) is 21.9 Å². The number of halogens is 1. The highest BCUT2D eigenvalue weighted by Gasteiger charge is 2.07. The Morgan fingerprint density at radius 1 is 1.41 bits per heavy atom. The molecule has 0 aliphatic rings. The summed E-state index contributed by atoms with van der Waals surface area (Å²) >= 11 is 6.06. The zero-order valence-corrected chi connectivity index (χ0v) is 10.3. The molecule has 1 N–H and O–H groups in total. The summed E-state index contributed by atoms with van der Waals surface area (Å²) < 4.78 is 9.74. The van der Waals surface area contributed by atoms with Crippen LogP contribution in [0.15, 0.2) is 22.8 Å². The van der Waals surface area contributed by atoms with Crippen molar-refractivity contribution in [3.05, 3.63) is 34.6 Å². The molecule has 6 heteroatoms. The van der Waals surface area contributed by atoms with Gasteiger partial charge in [-0.2, -0.15) is 0 Å². The van der Waals surface area contributed by atoms with Gasteiger partial charge in [0.1, 0.15) is 17.1 Å². The summed E-state index contributed by atoms with van der Waals surface area (Å²) in [5.41, 5.74) is 2.30. The quantitative estimate of drug-likeness (QED) is 0.908. The van der Waals surface area contributed by atoms with Crippen molar-refractivity contribution >= 4 is 17.3 Å². The lowest BCUT2D eigenvalue weighted by molar-refractivity contribution is 0.301. The molecule has 0 saturated heterocycles. The van der Waals surface area contributed by atoms with Crippen molar-refractivity contribution in [1.29, 1.82) is 0 Å². The first-order valence-electron chi connectivity index (χ1n) is 5.06. The van der Waals surface area contributed by atoms with Gasteiger partial charge >= 0.3 is 0 Å². The van der Waals surface area contributed by atoms with E-state index in [9.17, 15) is 0 Å². The number of ether oxygens (including phenoxy) is 1. The summed E-state index contributed by atoms with van der Waals surface area (Å²) in [5, 5.41) is 11.3. The van der Waals surface area contributed by atoms with Crippen molar-refractivity contribution in [1.82, 2.24) is 10.3 Å². The number of rotatable bonds is 4. The third-order valence-electron chi connectivity index (χ3n) is 2.37. The summed E-state index contributed by atoms with van der Waals surface area (Å²) in [6.07, 6.45) is 0. The molecular weight excluding hydrogens is 242 g/mol. The van der Waals surface area contributed by atoms with Crippen molar-refractivity contribution in [3.8, 4) is 5.75 Å². The van der Waals surface area contributed by atoms with Crippen LogP contribution in [0.3, 0.4) is 0 Å². The SMILES string of the molecule is COc1ccc(Cl)c(NCc2nonc2C)c1. The second-order valence-corrected chi connectivity index (χ2v) is 3.90. The molecule has 5 nitrogen and oxygen atoms in total. The Labute approximate surface area is 104 Å². The third kappa shape index (κ3) is 2.68. The molecule has 0 aliphatic heterocycles. The first kappa shape index (κ1) is 11.7. The van der Waals surface area contributed by atoms with Gasteiger partial charge in [0.15, 0.2) is 0 Å². The second kappa shape index (κ2) is 5.05. The van der Waals surface area contributed by atoms with E-state index in [1.54, 1.807) is 19.2 Å². The Hall–Kier alpha value is -1.75. The van der Waals surface area contributed by atoms with Gasteiger partial charge in [-0.25, -0.2) is 4.63 Å². The average molecular weight is 254 g/mol. The van der Waals surface area contributed by atoms with E-state index < -0.39 is 0 Å². The number of anilines is 1. The van der Waals surface area contributed by atoms with Crippen molar-refractivity contribution < 1.29 is 9.37 Å². The van der Waals surface area contributed by atoms with Crippen LogP contribution in [0.5, 0.6) is 5.75 Å². The molecule has 0 aliphatic carbocycles. The maximum Gasteiger partial charge on any atom is 0.127 e. The average Bonchev–Trinajstić information content (AvgIpc) is 2.74. The highest BCUT2D eigenvalue weighted by atomic mass is 35.5. The Bertz CT molecular complexity index is 513. The van der Waals surface area contributed by atoms with Crippen LogP contribution in [0.4, 0.5) is 5.69 Å². The molecule has 0 fully saturated rings. The number of nitrogens with one attached hydrogen (secondary N) is 1. The van der Waals surface area contributed by atoms with Crippen LogP contribution in [0.1, 0.15) is 11.4 Å². The van der Waals surface area contributed by atoms with E-state index in [0.717, 1.165) is 22.8 Å². The minimum absolute atomic E-state index is 0.502. The lowest BCUT2D eigenvalue weighted by Crippen LogP contribution is -2.02. The lowest BCUT2D eigenvalue weighted by Gasteiger charge is -2.08. The summed E-state index contributed by atoms with van der Waals surface area (Å²) in [5.74, 6) is 0.742. The van der Waals surface area contributed by atoms with Gasteiger partial charge in [0.25, 0.3) is 0 Å². The standard InChI is InChI=1S/C11H12ClN3O2/c1-7-11(15-17-14-7)6-13-10-5-8(16-2)3-4-9(10)12/h3-5,13H,6H2,1-2H3. The van der Waals surface area contributed by atoms with E-state index in [1.807, 2.05) is 13.0 Å². The largest absolute Gasteiger partial charge is 0.497 e. The van der Waals surface area contributed by atoms with Crippen LogP contribution in [-0.2, 0) is 6.54 Å². The normalized spacial score (nSPS) is 10.3. The minimum atomic E-state index is 0.502. The molecule has 0 saturated carbocycles. The molecule has 2 aromatic rings. The van der Waals surface area contributed by atoms with Gasteiger partial charge < -0.3 is 10.1 Å². The number of benzene rings is 1. The number of nitrogens with zero attached hydrogens (tertiary/aromatic N) is 2. The number of aryl methyl sites for hydroxylation is 1. The third-order valence-corrected chi connectivity index (χ3v) is 2.70. The molecule has 1 heterocycles. The van der Waals surface area contributed by atoms with E-state index in [2.05, 4.69) is 20.3 Å². The molecule has 90 valence electrons.